The average molecular weight is 367 g/mol. The van der Waals surface area contributed by atoms with Gasteiger partial charge in [0.25, 0.3) is 5.91 Å². The number of benzene rings is 1. The van der Waals surface area contributed by atoms with E-state index >= 15 is 0 Å². The minimum Gasteiger partial charge on any atom is -0.378 e. The smallest absolute Gasteiger partial charge is 0.260 e. The van der Waals surface area contributed by atoms with E-state index in [1.807, 2.05) is 44.1 Å². The Balaban J connectivity index is 2.36. The SMILES string of the molecule is C/C(=C(\C=C(/C)NC(=O)c1c[nH]c2ccccc2c1=O)N(C)C)C(C)(C)C. The molecule has 0 aliphatic carbocycles. The van der Waals surface area contributed by atoms with Gasteiger partial charge in [0.15, 0.2) is 0 Å². The second-order valence-electron chi connectivity index (χ2n) is 8.01. The lowest BCUT2D eigenvalue weighted by molar-refractivity contribution is 0.0964. The maximum absolute atomic E-state index is 12.6. The fourth-order valence-electron chi connectivity index (χ4n) is 2.78. The maximum Gasteiger partial charge on any atom is 0.260 e. The second kappa shape index (κ2) is 7.82. The van der Waals surface area contributed by atoms with Gasteiger partial charge in [-0.05, 0) is 43.0 Å². The molecule has 144 valence electrons. The summed E-state index contributed by atoms with van der Waals surface area (Å²) in [5, 5.41) is 3.34. The Morgan fingerprint density at radius 2 is 1.78 bits per heavy atom. The number of para-hydroxylation sites is 1. The number of aromatic amines is 1. The van der Waals surface area contributed by atoms with Crippen molar-refractivity contribution in [3.8, 4) is 0 Å². The average Bonchev–Trinajstić information content (AvgIpc) is 2.58. The summed E-state index contributed by atoms with van der Waals surface area (Å²) in [5.41, 5.74) is 3.48. The molecule has 1 heterocycles. The van der Waals surface area contributed by atoms with Gasteiger partial charge in [0.2, 0.25) is 5.43 Å². The van der Waals surface area contributed by atoms with E-state index in [2.05, 4.69) is 38.0 Å². The van der Waals surface area contributed by atoms with Crippen molar-refractivity contribution in [3.63, 3.8) is 0 Å². The summed E-state index contributed by atoms with van der Waals surface area (Å²) in [6.45, 7) is 10.4. The number of carbonyl (C=O) groups is 1. The topological polar surface area (TPSA) is 65.2 Å². The van der Waals surface area contributed by atoms with Crippen LogP contribution in [0.5, 0.6) is 0 Å². The van der Waals surface area contributed by atoms with Crippen molar-refractivity contribution in [1.82, 2.24) is 15.2 Å². The Morgan fingerprint density at radius 1 is 1.15 bits per heavy atom. The predicted octanol–water partition coefficient (Wildman–Crippen LogP) is 4.04. The minimum absolute atomic E-state index is 0.00981. The monoisotopic (exact) mass is 367 g/mol. The van der Waals surface area contributed by atoms with Gasteiger partial charge in [0, 0.05) is 42.6 Å². The molecule has 0 aliphatic heterocycles. The molecule has 1 amide bonds. The van der Waals surface area contributed by atoms with Gasteiger partial charge in [-0.3, -0.25) is 9.59 Å². The number of allylic oxidation sites excluding steroid dienone is 3. The number of hydrogen-bond donors (Lipinski definition) is 2. The van der Waals surface area contributed by atoms with Crippen molar-refractivity contribution in [1.29, 1.82) is 0 Å². The van der Waals surface area contributed by atoms with Crippen LogP contribution in [0.25, 0.3) is 10.9 Å². The van der Waals surface area contributed by atoms with Gasteiger partial charge in [0.05, 0.1) is 0 Å². The predicted molar refractivity (Wildman–Crippen MR) is 112 cm³/mol. The summed E-state index contributed by atoms with van der Waals surface area (Å²) < 4.78 is 0. The van der Waals surface area contributed by atoms with Crippen molar-refractivity contribution in [2.24, 2.45) is 5.41 Å². The minimum atomic E-state index is -0.415. The first kappa shape index (κ1) is 20.5. The number of H-pyrrole nitrogens is 1. The van der Waals surface area contributed by atoms with Crippen LogP contribution in [0.3, 0.4) is 0 Å². The Hall–Kier alpha value is -2.82. The summed E-state index contributed by atoms with van der Waals surface area (Å²) in [7, 11) is 3.95. The number of carbonyl (C=O) groups excluding carboxylic acids is 1. The Morgan fingerprint density at radius 3 is 2.37 bits per heavy atom. The molecule has 27 heavy (non-hydrogen) atoms. The summed E-state index contributed by atoms with van der Waals surface area (Å²) in [6, 6.07) is 7.16. The first-order chi connectivity index (χ1) is 12.5. The molecule has 1 aromatic heterocycles. The van der Waals surface area contributed by atoms with E-state index in [0.717, 1.165) is 5.70 Å². The summed E-state index contributed by atoms with van der Waals surface area (Å²) in [5.74, 6) is -0.415. The highest BCUT2D eigenvalue weighted by Gasteiger charge is 2.18. The van der Waals surface area contributed by atoms with Crippen LogP contribution in [0, 0.1) is 5.41 Å². The third-order valence-electron chi connectivity index (χ3n) is 4.69. The van der Waals surface area contributed by atoms with Gasteiger partial charge in [0.1, 0.15) is 5.56 Å². The van der Waals surface area contributed by atoms with Crippen LogP contribution in [0.4, 0.5) is 0 Å². The van der Waals surface area contributed by atoms with Crippen LogP contribution in [-0.4, -0.2) is 29.9 Å². The molecule has 0 saturated carbocycles. The number of likely N-dealkylation sites (N-methyl/N-ethyl adjacent to an activating group) is 1. The molecule has 0 unspecified atom stereocenters. The number of rotatable bonds is 4. The standard InChI is InChI=1S/C22H29N3O2/c1-14(12-19(25(6)7)15(2)22(3,4)5)24-21(27)17-13-23-18-11-9-8-10-16(18)20(17)26/h8-13H,1-7H3,(H,23,26)(H,24,27)/b14-12+,19-15-. The van der Waals surface area contributed by atoms with Gasteiger partial charge >= 0.3 is 0 Å². The van der Waals surface area contributed by atoms with E-state index < -0.39 is 5.91 Å². The van der Waals surface area contributed by atoms with Gasteiger partial charge in [-0.2, -0.15) is 0 Å². The van der Waals surface area contributed by atoms with Crippen molar-refractivity contribution >= 4 is 16.8 Å². The van der Waals surface area contributed by atoms with Crippen LogP contribution >= 0.6 is 0 Å². The van der Waals surface area contributed by atoms with Gasteiger partial charge < -0.3 is 15.2 Å². The zero-order chi connectivity index (χ0) is 20.4. The third kappa shape index (κ3) is 4.67. The molecular weight excluding hydrogens is 338 g/mol. The van der Waals surface area contributed by atoms with Crippen LogP contribution in [0.15, 0.2) is 58.3 Å². The van der Waals surface area contributed by atoms with Crippen LogP contribution in [0.2, 0.25) is 0 Å². The zero-order valence-electron chi connectivity index (χ0n) is 17.2. The fourth-order valence-corrected chi connectivity index (χ4v) is 2.78. The number of hydrogen-bond acceptors (Lipinski definition) is 3. The van der Waals surface area contributed by atoms with Crippen LogP contribution < -0.4 is 10.7 Å². The maximum atomic E-state index is 12.6. The van der Waals surface area contributed by atoms with Crippen LogP contribution in [0.1, 0.15) is 45.0 Å². The third-order valence-corrected chi connectivity index (χ3v) is 4.69. The van der Waals surface area contributed by atoms with E-state index in [1.54, 1.807) is 12.1 Å². The Labute approximate surface area is 160 Å². The lowest BCUT2D eigenvalue weighted by atomic mass is 9.86. The highest BCUT2D eigenvalue weighted by atomic mass is 16.2. The summed E-state index contributed by atoms with van der Waals surface area (Å²) in [6.07, 6.45) is 3.41. The molecule has 5 heteroatoms. The van der Waals surface area contributed by atoms with E-state index in [1.165, 1.54) is 11.8 Å². The van der Waals surface area contributed by atoms with Crippen molar-refractivity contribution in [2.75, 3.05) is 14.1 Å². The van der Waals surface area contributed by atoms with Crippen LogP contribution in [-0.2, 0) is 0 Å². The molecule has 0 aliphatic rings. The van der Waals surface area contributed by atoms with Gasteiger partial charge in [-0.1, -0.05) is 32.9 Å². The molecule has 0 fully saturated rings. The van der Waals surface area contributed by atoms with Crippen molar-refractivity contribution in [2.45, 2.75) is 34.6 Å². The molecule has 5 nitrogen and oxygen atoms in total. The molecule has 2 rings (SSSR count). The molecule has 1 aromatic carbocycles. The number of aromatic nitrogens is 1. The highest BCUT2D eigenvalue weighted by Crippen LogP contribution is 2.29. The highest BCUT2D eigenvalue weighted by molar-refractivity contribution is 5.97. The number of nitrogens with zero attached hydrogens (tertiary/aromatic N) is 1. The number of pyridine rings is 1. The van der Waals surface area contributed by atoms with Crippen molar-refractivity contribution in [3.05, 3.63) is 69.3 Å². The van der Waals surface area contributed by atoms with E-state index in [-0.39, 0.29) is 16.4 Å². The number of fused-ring (bicyclic) bond motifs is 1. The molecule has 0 spiro atoms. The zero-order valence-corrected chi connectivity index (χ0v) is 17.2. The summed E-state index contributed by atoms with van der Waals surface area (Å²) >= 11 is 0. The first-order valence-corrected chi connectivity index (χ1v) is 9.01. The van der Waals surface area contributed by atoms with Gasteiger partial charge in [-0.25, -0.2) is 0 Å². The molecule has 0 bridgehead atoms. The normalized spacial score (nSPS) is 13.4. The molecular formula is C22H29N3O2. The molecule has 0 saturated heterocycles. The van der Waals surface area contributed by atoms with Gasteiger partial charge in [-0.15, -0.1) is 0 Å². The Kier molecular flexibility index (Phi) is 5.94. The largest absolute Gasteiger partial charge is 0.378 e. The lowest BCUT2D eigenvalue weighted by Gasteiger charge is -2.27. The fraction of sp³-hybridized carbons (Fsp3) is 0.364. The Bertz CT molecular complexity index is 973. The second-order valence-corrected chi connectivity index (χ2v) is 8.01. The molecule has 0 atom stereocenters. The molecule has 2 N–H and O–H groups in total. The van der Waals surface area contributed by atoms with E-state index in [4.69, 9.17) is 0 Å². The number of nitrogens with one attached hydrogen (secondary N) is 2. The quantitative estimate of drug-likeness (QED) is 0.802. The van der Waals surface area contributed by atoms with Crippen molar-refractivity contribution < 1.29 is 4.79 Å². The molecule has 0 radical (unpaired) electrons. The first-order valence-electron chi connectivity index (χ1n) is 9.01. The lowest BCUT2D eigenvalue weighted by Crippen LogP contribution is -2.28. The van der Waals surface area contributed by atoms with E-state index in [9.17, 15) is 9.59 Å². The van der Waals surface area contributed by atoms with E-state index in [0.29, 0.717) is 16.6 Å². The number of amides is 1. The summed E-state index contributed by atoms with van der Waals surface area (Å²) in [4.78, 5) is 30.3. The molecule has 2 aromatic rings.